The molecule has 0 spiro atoms. The number of para-hydroxylation sites is 1. The summed E-state index contributed by atoms with van der Waals surface area (Å²) in [5.74, 6) is 1.77. The molecule has 0 saturated heterocycles. The molecule has 0 bridgehead atoms. The Morgan fingerprint density at radius 3 is 2.35 bits per heavy atom. The number of imidazole rings is 1. The van der Waals surface area contributed by atoms with Gasteiger partial charge in [-0.1, -0.05) is 35.9 Å². The molecule has 0 aliphatic rings. The van der Waals surface area contributed by atoms with Gasteiger partial charge in [0.05, 0.1) is 17.0 Å². The van der Waals surface area contributed by atoms with Gasteiger partial charge in [-0.05, 0) is 49.4 Å². The lowest BCUT2D eigenvalue weighted by Crippen LogP contribution is -2.22. The SMILES string of the molecule is Cc1ccc(S(=O)(=O)n2ccc3c(-c4ccc5c(nc(CN)n5C)c4Oc4ccccc4)cn(C)c(=O)c32)cc1. The van der Waals surface area contributed by atoms with Crippen LogP contribution in [0.1, 0.15) is 11.4 Å². The maximum atomic E-state index is 13.7. The van der Waals surface area contributed by atoms with Crippen molar-refractivity contribution < 1.29 is 13.2 Å². The van der Waals surface area contributed by atoms with Gasteiger partial charge in [0.2, 0.25) is 0 Å². The second-order valence-electron chi connectivity index (χ2n) is 9.67. The molecule has 0 aliphatic heterocycles. The molecule has 3 aromatic carbocycles. The molecule has 0 radical (unpaired) electrons. The first kappa shape index (κ1) is 25.6. The Morgan fingerprint density at radius 2 is 1.65 bits per heavy atom. The van der Waals surface area contributed by atoms with Crippen LogP contribution in [0.5, 0.6) is 11.5 Å². The van der Waals surface area contributed by atoms with Crippen LogP contribution in [-0.4, -0.2) is 26.5 Å². The van der Waals surface area contributed by atoms with Gasteiger partial charge in [-0.3, -0.25) is 4.79 Å². The highest BCUT2D eigenvalue weighted by Gasteiger charge is 2.25. The Balaban J connectivity index is 1.64. The average molecular weight is 554 g/mol. The first-order valence-corrected chi connectivity index (χ1v) is 14.1. The van der Waals surface area contributed by atoms with Crippen molar-refractivity contribution >= 4 is 32.0 Å². The Kier molecular flexibility index (Phi) is 6.09. The van der Waals surface area contributed by atoms with E-state index in [9.17, 15) is 13.2 Å². The van der Waals surface area contributed by atoms with Crippen molar-refractivity contribution in [1.29, 1.82) is 0 Å². The predicted octanol–water partition coefficient (Wildman–Crippen LogP) is 4.69. The number of hydrogen-bond donors (Lipinski definition) is 1. The zero-order valence-electron chi connectivity index (χ0n) is 22.2. The molecule has 6 aromatic rings. The number of rotatable bonds is 6. The third kappa shape index (κ3) is 4.00. The monoisotopic (exact) mass is 553 g/mol. The van der Waals surface area contributed by atoms with E-state index in [-0.39, 0.29) is 17.0 Å². The fourth-order valence-corrected chi connectivity index (χ4v) is 6.30. The highest BCUT2D eigenvalue weighted by Crippen LogP contribution is 2.41. The minimum absolute atomic E-state index is 0.0509. The van der Waals surface area contributed by atoms with Crippen LogP contribution in [0.25, 0.3) is 33.1 Å². The predicted molar refractivity (Wildman–Crippen MR) is 155 cm³/mol. The molecule has 202 valence electrons. The summed E-state index contributed by atoms with van der Waals surface area (Å²) in [5.41, 5.74) is 9.23. The molecule has 0 aliphatic carbocycles. The molecule has 0 amide bonds. The van der Waals surface area contributed by atoms with Crippen molar-refractivity contribution in [1.82, 2.24) is 18.1 Å². The first-order chi connectivity index (χ1) is 19.2. The lowest BCUT2D eigenvalue weighted by molar-refractivity contribution is 0.489. The number of aryl methyl sites for hydroxylation is 3. The number of pyridine rings is 1. The van der Waals surface area contributed by atoms with E-state index in [0.717, 1.165) is 15.1 Å². The summed E-state index contributed by atoms with van der Waals surface area (Å²) in [6.45, 7) is 2.13. The maximum Gasteiger partial charge on any atom is 0.275 e. The number of ether oxygens (including phenoxy) is 1. The van der Waals surface area contributed by atoms with E-state index in [4.69, 9.17) is 15.5 Å². The van der Waals surface area contributed by atoms with Gasteiger partial charge in [-0.25, -0.2) is 17.4 Å². The van der Waals surface area contributed by atoms with Gasteiger partial charge < -0.3 is 19.6 Å². The third-order valence-electron chi connectivity index (χ3n) is 7.10. The molecule has 0 atom stereocenters. The van der Waals surface area contributed by atoms with Gasteiger partial charge in [0.25, 0.3) is 15.6 Å². The largest absolute Gasteiger partial charge is 0.454 e. The number of nitrogens with zero attached hydrogens (tertiary/aromatic N) is 4. The Morgan fingerprint density at radius 1 is 0.925 bits per heavy atom. The third-order valence-corrected chi connectivity index (χ3v) is 8.79. The quantitative estimate of drug-likeness (QED) is 0.320. The molecule has 0 fully saturated rings. The Labute approximate surface area is 230 Å². The van der Waals surface area contributed by atoms with Crippen LogP contribution in [0.4, 0.5) is 0 Å². The van der Waals surface area contributed by atoms with Gasteiger partial charge in [-0.2, -0.15) is 0 Å². The second kappa shape index (κ2) is 9.51. The molecule has 40 heavy (non-hydrogen) atoms. The van der Waals surface area contributed by atoms with Gasteiger partial charge in [0, 0.05) is 43.0 Å². The van der Waals surface area contributed by atoms with Crippen LogP contribution >= 0.6 is 0 Å². The van der Waals surface area contributed by atoms with Crippen LogP contribution < -0.4 is 16.0 Å². The summed E-state index contributed by atoms with van der Waals surface area (Å²) in [4.78, 5) is 18.3. The molecule has 0 unspecified atom stereocenters. The zero-order chi connectivity index (χ0) is 28.2. The number of benzene rings is 3. The smallest absolute Gasteiger partial charge is 0.275 e. The highest BCUT2D eigenvalue weighted by molar-refractivity contribution is 7.90. The van der Waals surface area contributed by atoms with E-state index in [1.54, 1.807) is 43.6 Å². The van der Waals surface area contributed by atoms with Crippen LogP contribution in [0.3, 0.4) is 0 Å². The number of fused-ring (bicyclic) bond motifs is 2. The molecule has 10 heteroatoms. The zero-order valence-corrected chi connectivity index (χ0v) is 23.0. The van der Waals surface area contributed by atoms with Crippen LogP contribution in [0, 0.1) is 6.92 Å². The molecule has 3 aromatic heterocycles. The van der Waals surface area contributed by atoms with Crippen molar-refractivity contribution in [2.24, 2.45) is 19.8 Å². The van der Waals surface area contributed by atoms with Crippen LogP contribution in [0.2, 0.25) is 0 Å². The summed E-state index contributed by atoms with van der Waals surface area (Å²) in [6, 6.07) is 21.3. The van der Waals surface area contributed by atoms with Crippen LogP contribution in [-0.2, 0) is 30.7 Å². The van der Waals surface area contributed by atoms with Crippen molar-refractivity contribution in [3.8, 4) is 22.6 Å². The molecule has 9 nitrogen and oxygen atoms in total. The van der Waals surface area contributed by atoms with E-state index >= 15 is 0 Å². The van der Waals surface area contributed by atoms with E-state index in [2.05, 4.69) is 0 Å². The fourth-order valence-electron chi connectivity index (χ4n) is 4.96. The summed E-state index contributed by atoms with van der Waals surface area (Å²) >= 11 is 0. The number of hydrogen-bond acceptors (Lipinski definition) is 6. The number of nitrogens with two attached hydrogens (primary N) is 1. The lowest BCUT2D eigenvalue weighted by atomic mass is 10.0. The lowest BCUT2D eigenvalue weighted by Gasteiger charge is -2.15. The van der Waals surface area contributed by atoms with Gasteiger partial charge >= 0.3 is 0 Å². The number of aromatic nitrogens is 4. The van der Waals surface area contributed by atoms with Gasteiger partial charge in [-0.15, -0.1) is 0 Å². The minimum atomic E-state index is -4.03. The summed E-state index contributed by atoms with van der Waals surface area (Å²) in [7, 11) is -0.539. The molecule has 3 heterocycles. The summed E-state index contributed by atoms with van der Waals surface area (Å²) in [5, 5.41) is 0.478. The van der Waals surface area contributed by atoms with E-state index in [0.29, 0.717) is 39.4 Å². The van der Waals surface area contributed by atoms with Crippen molar-refractivity contribution in [2.75, 3.05) is 0 Å². The standard InChI is InChI=1S/C30H27N5O4S/c1-19-9-11-21(12-10-19)40(37,38)35-16-15-22-24(18-33(2)30(36)28(22)35)23-13-14-25-27(32-26(17-31)34(25)3)29(23)39-20-7-5-4-6-8-20/h4-16,18H,17,31H2,1-3H3. The molecule has 6 rings (SSSR count). The molecular weight excluding hydrogens is 526 g/mol. The van der Waals surface area contributed by atoms with E-state index in [1.165, 1.54) is 10.8 Å². The van der Waals surface area contributed by atoms with Crippen molar-refractivity contribution in [2.45, 2.75) is 18.4 Å². The average Bonchev–Trinajstić information content (AvgIpc) is 3.54. The molecule has 0 saturated carbocycles. The van der Waals surface area contributed by atoms with E-state index in [1.807, 2.05) is 61.0 Å². The van der Waals surface area contributed by atoms with Gasteiger partial charge in [0.1, 0.15) is 22.6 Å². The van der Waals surface area contributed by atoms with Crippen LogP contribution in [0.15, 0.2) is 94.9 Å². The second-order valence-corrected chi connectivity index (χ2v) is 11.5. The maximum absolute atomic E-state index is 13.7. The molecular formula is C30H27N5O4S. The van der Waals surface area contributed by atoms with Crippen molar-refractivity contribution in [3.05, 3.63) is 107 Å². The summed E-state index contributed by atoms with van der Waals surface area (Å²) < 4.78 is 38.1. The highest BCUT2D eigenvalue weighted by atomic mass is 32.2. The normalized spacial score (nSPS) is 11.9. The molecule has 2 N–H and O–H groups in total. The van der Waals surface area contributed by atoms with Crippen molar-refractivity contribution in [3.63, 3.8) is 0 Å². The van der Waals surface area contributed by atoms with Gasteiger partial charge in [0.15, 0.2) is 5.75 Å². The topological polar surface area (TPSA) is 114 Å². The first-order valence-electron chi connectivity index (χ1n) is 12.7. The van der Waals surface area contributed by atoms with E-state index < -0.39 is 15.6 Å². The minimum Gasteiger partial charge on any atom is -0.454 e. The fraction of sp³-hybridized carbons (Fsp3) is 0.133. The Bertz CT molecular complexity index is 2070. The summed E-state index contributed by atoms with van der Waals surface area (Å²) in [6.07, 6.45) is 3.12. The Hall–Kier alpha value is -4.67.